The van der Waals surface area contributed by atoms with E-state index in [4.69, 9.17) is 14.2 Å². The van der Waals surface area contributed by atoms with E-state index in [1.54, 1.807) is 6.07 Å². The van der Waals surface area contributed by atoms with Crippen molar-refractivity contribution in [2.75, 3.05) is 20.3 Å². The van der Waals surface area contributed by atoms with Crippen molar-refractivity contribution in [3.63, 3.8) is 0 Å². The van der Waals surface area contributed by atoms with Gasteiger partial charge in [-0.2, -0.15) is 0 Å². The Balaban J connectivity index is 2.14. The van der Waals surface area contributed by atoms with Crippen LogP contribution in [-0.2, 0) is 9.47 Å². The predicted octanol–water partition coefficient (Wildman–Crippen LogP) is 2.56. The summed E-state index contributed by atoms with van der Waals surface area (Å²) in [5.41, 5.74) is 1.71. The molecule has 1 fully saturated rings. The number of hydrogen-bond donors (Lipinski definition) is 1. The summed E-state index contributed by atoms with van der Waals surface area (Å²) < 4.78 is 30.4. The summed E-state index contributed by atoms with van der Waals surface area (Å²) >= 11 is 0. The van der Waals surface area contributed by atoms with Crippen LogP contribution in [0.25, 0.3) is 11.1 Å². The number of aromatic nitrogens is 2. The van der Waals surface area contributed by atoms with Crippen LogP contribution in [0.15, 0.2) is 37.2 Å². The van der Waals surface area contributed by atoms with Crippen LogP contribution in [0.5, 0.6) is 5.88 Å². The molecule has 3 rings (SSSR count). The molecule has 2 aromatic heterocycles. The summed E-state index contributed by atoms with van der Waals surface area (Å²) in [7, 11) is 1.45. The van der Waals surface area contributed by atoms with Gasteiger partial charge < -0.3 is 19.3 Å². The molecule has 1 N–H and O–H groups in total. The van der Waals surface area contributed by atoms with Gasteiger partial charge in [0.1, 0.15) is 11.9 Å². The van der Waals surface area contributed by atoms with Crippen LogP contribution < -0.4 is 4.74 Å². The number of methoxy groups -OCH3 is 1. The van der Waals surface area contributed by atoms with Crippen LogP contribution in [0.4, 0.5) is 4.39 Å². The Morgan fingerprint density at radius 2 is 2.04 bits per heavy atom. The van der Waals surface area contributed by atoms with Gasteiger partial charge >= 0.3 is 0 Å². The van der Waals surface area contributed by atoms with E-state index in [1.165, 1.54) is 25.4 Å². The topological polar surface area (TPSA) is 73.7 Å². The second-order valence-corrected chi connectivity index (χ2v) is 5.16. The van der Waals surface area contributed by atoms with Gasteiger partial charge in [-0.15, -0.1) is 6.58 Å². The van der Waals surface area contributed by atoms with Crippen molar-refractivity contribution in [3.05, 3.63) is 54.3 Å². The molecule has 1 atom stereocenters. The average Bonchev–Trinajstić information content (AvgIpc) is 3.15. The molecule has 126 valence electrons. The zero-order valence-corrected chi connectivity index (χ0v) is 13.1. The fraction of sp³-hybridized carbons (Fsp3) is 0.294. The SMILES string of the molecule is C=CC(O)c1cc(C2OCCO2)c(-c2cc(OC)ncc2F)cn1. The van der Waals surface area contributed by atoms with Crippen LogP contribution in [-0.4, -0.2) is 35.4 Å². The van der Waals surface area contributed by atoms with Crippen LogP contribution in [0.2, 0.25) is 0 Å². The van der Waals surface area contributed by atoms with Gasteiger partial charge in [0.2, 0.25) is 5.88 Å². The standard InChI is InChI=1S/C17H17FN2O4/c1-3-15(21)14-6-11(17-23-4-5-24-17)12(8-19-14)10-7-16(22-2)20-9-13(10)18/h3,6-9,15,17,21H,1,4-5H2,2H3. The van der Waals surface area contributed by atoms with Crippen LogP contribution in [0.3, 0.4) is 0 Å². The lowest BCUT2D eigenvalue weighted by molar-refractivity contribution is -0.0438. The van der Waals surface area contributed by atoms with E-state index in [9.17, 15) is 9.50 Å². The normalized spacial score (nSPS) is 16.1. The van der Waals surface area contributed by atoms with Crippen molar-refractivity contribution in [2.45, 2.75) is 12.4 Å². The third-order valence-electron chi connectivity index (χ3n) is 3.69. The minimum Gasteiger partial charge on any atom is -0.481 e. The molecule has 0 bridgehead atoms. The third-order valence-corrected chi connectivity index (χ3v) is 3.69. The summed E-state index contributed by atoms with van der Waals surface area (Å²) in [6.07, 6.45) is 2.33. The van der Waals surface area contributed by atoms with Gasteiger partial charge in [-0.25, -0.2) is 9.37 Å². The summed E-state index contributed by atoms with van der Waals surface area (Å²) in [6.45, 7) is 4.42. The first-order valence-corrected chi connectivity index (χ1v) is 7.37. The van der Waals surface area contributed by atoms with Gasteiger partial charge in [0.25, 0.3) is 0 Å². The molecule has 1 saturated heterocycles. The molecule has 0 aliphatic carbocycles. The van der Waals surface area contributed by atoms with Gasteiger partial charge in [0.05, 0.1) is 32.2 Å². The third kappa shape index (κ3) is 3.14. The number of halogens is 1. The highest BCUT2D eigenvalue weighted by Crippen LogP contribution is 2.35. The first-order chi connectivity index (χ1) is 11.6. The number of aliphatic hydroxyl groups is 1. The van der Waals surface area contributed by atoms with E-state index < -0.39 is 18.2 Å². The first-order valence-electron chi connectivity index (χ1n) is 7.37. The molecule has 0 aromatic carbocycles. The number of rotatable bonds is 5. The lowest BCUT2D eigenvalue weighted by Crippen LogP contribution is -2.06. The Morgan fingerprint density at radius 1 is 1.29 bits per heavy atom. The maximum Gasteiger partial charge on any atom is 0.213 e. The predicted molar refractivity (Wildman–Crippen MR) is 83.8 cm³/mol. The van der Waals surface area contributed by atoms with E-state index in [0.717, 1.165) is 6.20 Å². The smallest absolute Gasteiger partial charge is 0.213 e. The van der Waals surface area contributed by atoms with E-state index >= 15 is 0 Å². The Hall–Kier alpha value is -2.35. The molecule has 0 radical (unpaired) electrons. The Bertz CT molecular complexity index is 747. The molecule has 1 unspecified atom stereocenters. The molecule has 0 spiro atoms. The molecule has 6 nitrogen and oxygen atoms in total. The second kappa shape index (κ2) is 7.04. The largest absolute Gasteiger partial charge is 0.481 e. The second-order valence-electron chi connectivity index (χ2n) is 5.16. The van der Waals surface area contributed by atoms with Gasteiger partial charge in [-0.3, -0.25) is 4.98 Å². The highest BCUT2D eigenvalue weighted by atomic mass is 19.1. The van der Waals surface area contributed by atoms with Crippen molar-refractivity contribution in [1.29, 1.82) is 0 Å². The molecular formula is C17H17FN2O4. The molecule has 7 heteroatoms. The number of nitrogens with zero attached hydrogens (tertiary/aromatic N) is 2. The fourth-order valence-corrected chi connectivity index (χ4v) is 2.47. The highest BCUT2D eigenvalue weighted by Gasteiger charge is 2.25. The van der Waals surface area contributed by atoms with E-state index in [2.05, 4.69) is 16.5 Å². The lowest BCUT2D eigenvalue weighted by Gasteiger charge is -2.17. The summed E-state index contributed by atoms with van der Waals surface area (Å²) in [5, 5.41) is 9.93. The summed E-state index contributed by atoms with van der Waals surface area (Å²) in [4.78, 5) is 8.03. The monoisotopic (exact) mass is 332 g/mol. The summed E-state index contributed by atoms with van der Waals surface area (Å²) in [6, 6.07) is 3.11. The van der Waals surface area contributed by atoms with Crippen molar-refractivity contribution >= 4 is 0 Å². The average molecular weight is 332 g/mol. The minimum atomic E-state index is -0.934. The van der Waals surface area contributed by atoms with Crippen molar-refractivity contribution in [2.24, 2.45) is 0 Å². The summed E-state index contributed by atoms with van der Waals surface area (Å²) in [5.74, 6) is -0.241. The van der Waals surface area contributed by atoms with Gasteiger partial charge in [-0.1, -0.05) is 6.08 Å². The molecule has 24 heavy (non-hydrogen) atoms. The number of hydrogen-bond acceptors (Lipinski definition) is 6. The van der Waals surface area contributed by atoms with Crippen molar-refractivity contribution in [3.8, 4) is 17.0 Å². The Kier molecular flexibility index (Phi) is 4.84. The van der Waals surface area contributed by atoms with E-state index in [1.807, 2.05) is 0 Å². The zero-order chi connectivity index (χ0) is 17.1. The molecule has 1 aliphatic rings. The molecule has 1 aliphatic heterocycles. The highest BCUT2D eigenvalue weighted by molar-refractivity contribution is 5.68. The maximum absolute atomic E-state index is 14.3. The number of pyridine rings is 2. The molecule has 0 saturated carbocycles. The van der Waals surface area contributed by atoms with Crippen LogP contribution in [0, 0.1) is 5.82 Å². The number of aliphatic hydroxyl groups excluding tert-OH is 1. The Labute approximate surface area is 138 Å². The van der Waals surface area contributed by atoms with Gasteiger partial charge in [-0.05, 0) is 6.07 Å². The Morgan fingerprint density at radius 3 is 2.71 bits per heavy atom. The van der Waals surface area contributed by atoms with Crippen LogP contribution in [0.1, 0.15) is 23.7 Å². The lowest BCUT2D eigenvalue weighted by atomic mass is 10.00. The van der Waals surface area contributed by atoms with Gasteiger partial charge in [0.15, 0.2) is 6.29 Å². The molecule has 3 heterocycles. The molecule has 0 amide bonds. The van der Waals surface area contributed by atoms with E-state index in [0.29, 0.717) is 30.0 Å². The quantitative estimate of drug-likeness (QED) is 0.848. The van der Waals surface area contributed by atoms with E-state index in [-0.39, 0.29) is 11.4 Å². The fourth-order valence-electron chi connectivity index (χ4n) is 2.47. The molecular weight excluding hydrogens is 315 g/mol. The van der Waals surface area contributed by atoms with Gasteiger partial charge in [0, 0.05) is 29.0 Å². The first kappa shape index (κ1) is 16.5. The zero-order valence-electron chi connectivity index (χ0n) is 13.1. The maximum atomic E-state index is 14.3. The molecule has 2 aromatic rings. The number of ether oxygens (including phenoxy) is 3. The van der Waals surface area contributed by atoms with Crippen molar-refractivity contribution in [1.82, 2.24) is 9.97 Å². The van der Waals surface area contributed by atoms with Crippen molar-refractivity contribution < 1.29 is 23.7 Å². The van der Waals surface area contributed by atoms with Crippen LogP contribution >= 0.6 is 0 Å². The minimum absolute atomic E-state index is 0.267.